The van der Waals surface area contributed by atoms with Crippen LogP contribution in [0.25, 0.3) is 0 Å². The van der Waals surface area contributed by atoms with E-state index in [4.69, 9.17) is 9.88 Å². The van der Waals surface area contributed by atoms with Crippen molar-refractivity contribution in [3.63, 3.8) is 0 Å². The van der Waals surface area contributed by atoms with E-state index in [1.54, 1.807) is 12.1 Å². The van der Waals surface area contributed by atoms with Gasteiger partial charge in [-0.2, -0.15) is 0 Å². The third-order valence-electron chi connectivity index (χ3n) is 4.39. The van der Waals surface area contributed by atoms with Crippen LogP contribution in [-0.2, 0) is 21.2 Å². The number of ether oxygens (including phenoxy) is 1. The third kappa shape index (κ3) is 6.15. The van der Waals surface area contributed by atoms with E-state index in [1.165, 1.54) is 29.6 Å². The largest absolute Gasteiger partial charge is 0.484 e. The summed E-state index contributed by atoms with van der Waals surface area (Å²) < 4.78 is 29.5. The number of hydrogen-bond donors (Lipinski definition) is 2. The molecule has 0 aromatic heterocycles. The van der Waals surface area contributed by atoms with Gasteiger partial charge in [-0.1, -0.05) is 25.1 Å². The molecule has 156 valence electrons. The van der Waals surface area contributed by atoms with Gasteiger partial charge in [0, 0.05) is 5.69 Å². The van der Waals surface area contributed by atoms with Gasteiger partial charge in [0.1, 0.15) is 5.75 Å². The first-order valence-corrected chi connectivity index (χ1v) is 12.9. The molecule has 1 heterocycles. The first kappa shape index (κ1) is 22.0. The number of benzene rings is 2. The van der Waals surface area contributed by atoms with Crippen LogP contribution in [0.1, 0.15) is 29.1 Å². The number of primary sulfonamides is 1. The van der Waals surface area contributed by atoms with Gasteiger partial charge in [-0.3, -0.25) is 4.79 Å². The van der Waals surface area contributed by atoms with Crippen LogP contribution < -0.4 is 15.2 Å². The molecule has 1 fully saturated rings. The van der Waals surface area contributed by atoms with E-state index in [2.05, 4.69) is 5.32 Å². The van der Waals surface area contributed by atoms with E-state index in [9.17, 15) is 13.2 Å². The Labute approximate surface area is 180 Å². The number of anilines is 1. The molecule has 6 nitrogen and oxygen atoms in total. The predicted molar refractivity (Wildman–Crippen MR) is 120 cm³/mol. The molecule has 0 spiro atoms. The van der Waals surface area contributed by atoms with Gasteiger partial charge < -0.3 is 10.1 Å². The van der Waals surface area contributed by atoms with Gasteiger partial charge in [-0.25, -0.2) is 13.6 Å². The quantitative estimate of drug-likeness (QED) is 0.663. The minimum Gasteiger partial charge on any atom is -0.484 e. The number of thioether (sulfide) groups is 2. The maximum atomic E-state index is 12.2. The maximum absolute atomic E-state index is 12.2. The fourth-order valence-electron chi connectivity index (χ4n) is 2.94. The average Bonchev–Trinajstić information content (AvgIpc) is 2.72. The normalized spacial score (nSPS) is 15.1. The lowest BCUT2D eigenvalue weighted by molar-refractivity contribution is -0.118. The van der Waals surface area contributed by atoms with Crippen LogP contribution in [0.4, 0.5) is 5.69 Å². The van der Waals surface area contributed by atoms with E-state index in [0.29, 0.717) is 28.0 Å². The number of nitrogens with one attached hydrogen (secondary N) is 1. The summed E-state index contributed by atoms with van der Waals surface area (Å²) in [6.45, 7) is 1.67. The number of hydrogen-bond acceptors (Lipinski definition) is 6. The van der Waals surface area contributed by atoms with Crippen LogP contribution in [0.2, 0.25) is 0 Å². The van der Waals surface area contributed by atoms with Crippen molar-refractivity contribution in [3.8, 4) is 5.75 Å². The number of carbonyl (C=O) groups excluding carboxylic acids is 1. The number of rotatable bonds is 7. The van der Waals surface area contributed by atoms with Crippen molar-refractivity contribution in [2.24, 2.45) is 5.14 Å². The summed E-state index contributed by atoms with van der Waals surface area (Å²) in [5.41, 5.74) is 2.22. The van der Waals surface area contributed by atoms with Gasteiger partial charge in [0.15, 0.2) is 6.61 Å². The lowest BCUT2D eigenvalue weighted by Gasteiger charge is -2.21. The first-order chi connectivity index (χ1) is 13.9. The molecule has 0 aliphatic carbocycles. The molecular weight excluding hydrogens is 428 g/mol. The second kappa shape index (κ2) is 9.88. The Kier molecular flexibility index (Phi) is 7.50. The van der Waals surface area contributed by atoms with Crippen molar-refractivity contribution in [1.29, 1.82) is 0 Å². The van der Waals surface area contributed by atoms with Crippen molar-refractivity contribution in [3.05, 3.63) is 53.6 Å². The molecule has 2 aromatic rings. The summed E-state index contributed by atoms with van der Waals surface area (Å²) in [5, 5.41) is 7.91. The van der Waals surface area contributed by atoms with Crippen molar-refractivity contribution in [2.75, 3.05) is 23.4 Å². The first-order valence-electron chi connectivity index (χ1n) is 9.28. The Morgan fingerprint density at radius 3 is 2.48 bits per heavy atom. The Balaban J connectivity index is 1.57. The molecule has 1 amide bonds. The Morgan fingerprint density at radius 1 is 1.17 bits per heavy atom. The number of amides is 1. The van der Waals surface area contributed by atoms with E-state index >= 15 is 0 Å². The zero-order valence-corrected chi connectivity index (χ0v) is 18.5. The van der Waals surface area contributed by atoms with Crippen molar-refractivity contribution < 1.29 is 17.9 Å². The monoisotopic (exact) mass is 452 g/mol. The molecule has 3 N–H and O–H groups in total. The minimum absolute atomic E-state index is 0.0211. The Hall–Kier alpha value is -1.68. The van der Waals surface area contributed by atoms with Crippen LogP contribution in [0.3, 0.4) is 0 Å². The molecule has 2 aromatic carbocycles. The Bertz CT molecular complexity index is 956. The van der Waals surface area contributed by atoms with E-state index < -0.39 is 10.0 Å². The molecule has 9 heteroatoms. The highest BCUT2D eigenvalue weighted by Crippen LogP contribution is 2.43. The molecule has 1 saturated heterocycles. The molecule has 29 heavy (non-hydrogen) atoms. The molecule has 0 unspecified atom stereocenters. The number of carbonyl (C=O) groups is 1. The summed E-state index contributed by atoms with van der Waals surface area (Å²) in [5.74, 6) is 2.60. The SMILES string of the molecule is CCc1ccc(NC(=O)COc2ccc(C3SCCCS3)cc2)cc1S(N)(=O)=O. The number of sulfonamides is 1. The van der Waals surface area contributed by atoms with Gasteiger partial charge in [-0.15, -0.1) is 23.5 Å². The summed E-state index contributed by atoms with van der Waals surface area (Å²) >= 11 is 3.91. The van der Waals surface area contributed by atoms with E-state index in [1.807, 2.05) is 54.7 Å². The highest BCUT2D eigenvalue weighted by atomic mass is 32.2. The van der Waals surface area contributed by atoms with E-state index in [0.717, 1.165) is 0 Å². The highest BCUT2D eigenvalue weighted by Gasteiger charge is 2.17. The molecule has 1 aliphatic rings. The van der Waals surface area contributed by atoms with E-state index in [-0.39, 0.29) is 17.4 Å². The maximum Gasteiger partial charge on any atom is 0.262 e. The zero-order valence-electron chi connectivity index (χ0n) is 16.1. The van der Waals surface area contributed by atoms with Crippen LogP contribution >= 0.6 is 23.5 Å². The Morgan fingerprint density at radius 2 is 1.86 bits per heavy atom. The average molecular weight is 453 g/mol. The molecule has 1 aliphatic heterocycles. The van der Waals surface area contributed by atoms with Crippen LogP contribution in [-0.4, -0.2) is 32.4 Å². The second-order valence-electron chi connectivity index (χ2n) is 6.55. The van der Waals surface area contributed by atoms with Gasteiger partial charge >= 0.3 is 0 Å². The predicted octanol–water partition coefficient (Wildman–Crippen LogP) is 3.78. The topological polar surface area (TPSA) is 98.5 Å². The number of nitrogens with two attached hydrogens (primary N) is 1. The fraction of sp³-hybridized carbons (Fsp3) is 0.350. The van der Waals surface area contributed by atoms with Gasteiger partial charge in [-0.05, 0) is 59.7 Å². The zero-order chi connectivity index (χ0) is 20.9. The van der Waals surface area contributed by atoms with Crippen molar-refractivity contribution >= 4 is 45.1 Å². The molecule has 3 rings (SSSR count). The standard InChI is InChI=1S/C20H24N2O4S3/c1-2-14-4-7-16(12-18(14)29(21,24)25)22-19(23)13-26-17-8-5-15(6-9-17)20-27-10-3-11-28-20/h4-9,12,20H,2-3,10-11,13H2,1H3,(H,22,23)(H2,21,24,25). The fourth-order valence-corrected chi connectivity index (χ4v) is 6.70. The smallest absolute Gasteiger partial charge is 0.262 e. The lowest BCUT2D eigenvalue weighted by Crippen LogP contribution is -2.21. The summed E-state index contributed by atoms with van der Waals surface area (Å²) in [7, 11) is -3.86. The van der Waals surface area contributed by atoms with Crippen LogP contribution in [0.15, 0.2) is 47.4 Å². The van der Waals surface area contributed by atoms with Gasteiger partial charge in [0.2, 0.25) is 10.0 Å². The van der Waals surface area contributed by atoms with Gasteiger partial charge in [0.25, 0.3) is 5.91 Å². The molecule has 0 radical (unpaired) electrons. The lowest BCUT2D eigenvalue weighted by atomic mass is 10.1. The van der Waals surface area contributed by atoms with Crippen LogP contribution in [0, 0.1) is 0 Å². The van der Waals surface area contributed by atoms with Crippen LogP contribution in [0.5, 0.6) is 5.75 Å². The molecular formula is C20H24N2O4S3. The summed E-state index contributed by atoms with van der Waals surface area (Å²) in [6, 6.07) is 12.5. The summed E-state index contributed by atoms with van der Waals surface area (Å²) in [4.78, 5) is 12.2. The summed E-state index contributed by atoms with van der Waals surface area (Å²) in [6.07, 6.45) is 1.78. The third-order valence-corrected chi connectivity index (χ3v) is 8.40. The second-order valence-corrected chi connectivity index (χ2v) is 10.8. The number of aryl methyl sites for hydroxylation is 1. The highest BCUT2D eigenvalue weighted by molar-refractivity contribution is 8.16. The van der Waals surface area contributed by atoms with Crippen molar-refractivity contribution in [2.45, 2.75) is 29.2 Å². The molecule has 0 atom stereocenters. The molecule has 0 saturated carbocycles. The van der Waals surface area contributed by atoms with Gasteiger partial charge in [0.05, 0.1) is 9.48 Å². The van der Waals surface area contributed by atoms with Crippen molar-refractivity contribution in [1.82, 2.24) is 0 Å². The molecule has 0 bridgehead atoms. The minimum atomic E-state index is -3.86.